The molecular weight excluding hydrogens is 262 g/mol. The molecule has 1 N–H and O–H groups in total. The summed E-state index contributed by atoms with van der Waals surface area (Å²) in [6.45, 7) is 5.36. The maximum absolute atomic E-state index is 6.23. The highest BCUT2D eigenvalue weighted by molar-refractivity contribution is 6.33. The molecule has 0 heterocycles. The van der Waals surface area contributed by atoms with Gasteiger partial charge in [0.05, 0.1) is 14.2 Å². The fourth-order valence-corrected chi connectivity index (χ4v) is 2.32. The first-order chi connectivity index (χ1) is 9.10. The third kappa shape index (κ3) is 4.92. The number of methoxy groups -OCH3 is 2. The van der Waals surface area contributed by atoms with Gasteiger partial charge < -0.3 is 14.8 Å². The Morgan fingerprint density at radius 2 is 1.89 bits per heavy atom. The average molecular weight is 286 g/mol. The van der Waals surface area contributed by atoms with Crippen molar-refractivity contribution in [2.45, 2.75) is 39.2 Å². The molecule has 0 aliphatic heterocycles. The number of halogens is 1. The lowest BCUT2D eigenvalue weighted by Gasteiger charge is -2.13. The molecule has 0 atom stereocenters. The zero-order chi connectivity index (χ0) is 14.3. The Bertz CT molecular complexity index is 394. The van der Waals surface area contributed by atoms with E-state index in [0.29, 0.717) is 16.8 Å². The first kappa shape index (κ1) is 16.1. The molecule has 3 nitrogen and oxygen atoms in total. The van der Waals surface area contributed by atoms with Crippen LogP contribution >= 0.6 is 11.6 Å². The van der Waals surface area contributed by atoms with Gasteiger partial charge in [-0.25, -0.2) is 0 Å². The summed E-state index contributed by atoms with van der Waals surface area (Å²) >= 11 is 6.23. The summed E-state index contributed by atoms with van der Waals surface area (Å²) in [6, 6.07) is 4.47. The van der Waals surface area contributed by atoms with Crippen LogP contribution in [0.1, 0.15) is 32.3 Å². The SMILES string of the molecule is COc1ccc(CCCCNC(C)C)c(OC)c1Cl. The van der Waals surface area contributed by atoms with Crippen molar-refractivity contribution >= 4 is 11.6 Å². The zero-order valence-electron chi connectivity index (χ0n) is 12.3. The Hall–Kier alpha value is -0.930. The van der Waals surface area contributed by atoms with Crippen molar-refractivity contribution in [2.24, 2.45) is 0 Å². The molecule has 19 heavy (non-hydrogen) atoms. The van der Waals surface area contributed by atoms with Gasteiger partial charge in [0, 0.05) is 6.04 Å². The normalized spacial score (nSPS) is 10.8. The second kappa shape index (κ2) is 8.28. The Balaban J connectivity index is 2.56. The van der Waals surface area contributed by atoms with Crippen LogP contribution in [-0.4, -0.2) is 26.8 Å². The standard InChI is InChI=1S/C15H24ClNO2/c1-11(2)17-10-6-5-7-12-8-9-13(18-3)14(16)15(12)19-4/h8-9,11,17H,5-7,10H2,1-4H3. The highest BCUT2D eigenvalue weighted by Gasteiger charge is 2.12. The van der Waals surface area contributed by atoms with Crippen LogP contribution in [0, 0.1) is 0 Å². The van der Waals surface area contributed by atoms with Crippen LogP contribution in [0.2, 0.25) is 5.02 Å². The van der Waals surface area contributed by atoms with Gasteiger partial charge in [0.1, 0.15) is 16.5 Å². The summed E-state index contributed by atoms with van der Waals surface area (Å²) in [7, 11) is 3.25. The summed E-state index contributed by atoms with van der Waals surface area (Å²) in [4.78, 5) is 0. The minimum atomic E-state index is 0.546. The van der Waals surface area contributed by atoms with Crippen molar-refractivity contribution in [3.05, 3.63) is 22.7 Å². The maximum atomic E-state index is 6.23. The molecule has 1 rings (SSSR count). The fraction of sp³-hybridized carbons (Fsp3) is 0.600. The smallest absolute Gasteiger partial charge is 0.144 e. The lowest BCUT2D eigenvalue weighted by atomic mass is 10.1. The van der Waals surface area contributed by atoms with E-state index < -0.39 is 0 Å². The summed E-state index contributed by atoms with van der Waals surface area (Å²) in [6.07, 6.45) is 3.22. The monoisotopic (exact) mass is 285 g/mol. The molecule has 4 heteroatoms. The molecule has 0 unspecified atom stereocenters. The summed E-state index contributed by atoms with van der Waals surface area (Å²) in [5, 5.41) is 3.97. The van der Waals surface area contributed by atoms with Gasteiger partial charge in [0.2, 0.25) is 0 Å². The predicted molar refractivity (Wildman–Crippen MR) is 80.6 cm³/mol. The summed E-state index contributed by atoms with van der Waals surface area (Å²) in [5.74, 6) is 1.39. The first-order valence-electron chi connectivity index (χ1n) is 6.72. The largest absolute Gasteiger partial charge is 0.495 e. The molecule has 0 radical (unpaired) electrons. The molecular formula is C15H24ClNO2. The second-order valence-electron chi connectivity index (χ2n) is 4.84. The predicted octanol–water partition coefficient (Wildman–Crippen LogP) is 3.68. The van der Waals surface area contributed by atoms with Crippen LogP contribution in [0.5, 0.6) is 11.5 Å². The van der Waals surface area contributed by atoms with Crippen LogP contribution in [0.3, 0.4) is 0 Å². The number of benzene rings is 1. The molecule has 0 bridgehead atoms. The molecule has 0 saturated heterocycles. The van der Waals surface area contributed by atoms with E-state index in [1.54, 1.807) is 14.2 Å². The van der Waals surface area contributed by atoms with Gasteiger partial charge in [-0.15, -0.1) is 0 Å². The van der Waals surface area contributed by atoms with Gasteiger partial charge in [-0.3, -0.25) is 0 Å². The highest BCUT2D eigenvalue weighted by atomic mass is 35.5. The van der Waals surface area contributed by atoms with Crippen molar-refractivity contribution in [3.63, 3.8) is 0 Å². The van der Waals surface area contributed by atoms with Gasteiger partial charge >= 0.3 is 0 Å². The van der Waals surface area contributed by atoms with Crippen LogP contribution in [-0.2, 0) is 6.42 Å². The van der Waals surface area contributed by atoms with E-state index in [2.05, 4.69) is 19.2 Å². The minimum Gasteiger partial charge on any atom is -0.495 e. The van der Waals surface area contributed by atoms with Gasteiger partial charge in [-0.05, 0) is 37.4 Å². The molecule has 0 fully saturated rings. The number of rotatable bonds is 8. The average Bonchev–Trinajstić information content (AvgIpc) is 2.38. The number of unbranched alkanes of at least 4 members (excludes halogenated alkanes) is 1. The van der Waals surface area contributed by atoms with Gasteiger partial charge in [0.15, 0.2) is 0 Å². The van der Waals surface area contributed by atoms with Gasteiger partial charge in [0.25, 0.3) is 0 Å². The summed E-state index contributed by atoms with van der Waals surface area (Å²) < 4.78 is 10.6. The number of nitrogens with one attached hydrogen (secondary N) is 1. The van der Waals surface area contributed by atoms with Crippen molar-refractivity contribution in [2.75, 3.05) is 20.8 Å². The van der Waals surface area contributed by atoms with E-state index in [4.69, 9.17) is 21.1 Å². The Morgan fingerprint density at radius 3 is 2.47 bits per heavy atom. The van der Waals surface area contributed by atoms with Crippen LogP contribution in [0.4, 0.5) is 0 Å². The van der Waals surface area contributed by atoms with E-state index in [-0.39, 0.29) is 0 Å². The van der Waals surface area contributed by atoms with Crippen LogP contribution < -0.4 is 14.8 Å². The molecule has 108 valence electrons. The zero-order valence-corrected chi connectivity index (χ0v) is 13.0. The molecule has 0 spiro atoms. The van der Waals surface area contributed by atoms with E-state index >= 15 is 0 Å². The van der Waals surface area contributed by atoms with E-state index in [9.17, 15) is 0 Å². The Kier molecular flexibility index (Phi) is 7.03. The minimum absolute atomic E-state index is 0.546. The number of aryl methyl sites for hydroxylation is 1. The molecule has 1 aromatic rings. The van der Waals surface area contributed by atoms with Crippen molar-refractivity contribution in [1.29, 1.82) is 0 Å². The van der Waals surface area contributed by atoms with E-state index in [1.165, 1.54) is 0 Å². The first-order valence-corrected chi connectivity index (χ1v) is 7.10. The molecule has 0 aromatic heterocycles. The number of ether oxygens (including phenoxy) is 2. The molecule has 0 amide bonds. The Labute approximate surface area is 121 Å². The molecule has 0 saturated carbocycles. The maximum Gasteiger partial charge on any atom is 0.144 e. The number of hydrogen-bond acceptors (Lipinski definition) is 3. The van der Waals surface area contributed by atoms with Gasteiger partial charge in [-0.1, -0.05) is 31.5 Å². The molecule has 1 aromatic carbocycles. The number of hydrogen-bond donors (Lipinski definition) is 1. The Morgan fingerprint density at radius 1 is 1.16 bits per heavy atom. The quantitative estimate of drug-likeness (QED) is 0.739. The topological polar surface area (TPSA) is 30.5 Å². The second-order valence-corrected chi connectivity index (χ2v) is 5.22. The highest BCUT2D eigenvalue weighted by Crippen LogP contribution is 2.37. The lowest BCUT2D eigenvalue weighted by molar-refractivity contribution is 0.391. The lowest BCUT2D eigenvalue weighted by Crippen LogP contribution is -2.23. The fourth-order valence-electron chi connectivity index (χ4n) is 1.98. The van der Waals surface area contributed by atoms with Crippen LogP contribution in [0.15, 0.2) is 12.1 Å². The van der Waals surface area contributed by atoms with E-state index in [0.717, 1.165) is 37.1 Å². The van der Waals surface area contributed by atoms with E-state index in [1.807, 2.05) is 12.1 Å². The summed E-state index contributed by atoms with van der Waals surface area (Å²) in [5.41, 5.74) is 1.14. The van der Waals surface area contributed by atoms with Gasteiger partial charge in [-0.2, -0.15) is 0 Å². The third-order valence-electron chi connectivity index (χ3n) is 2.99. The van der Waals surface area contributed by atoms with Crippen molar-refractivity contribution in [3.8, 4) is 11.5 Å². The van der Waals surface area contributed by atoms with Crippen molar-refractivity contribution < 1.29 is 9.47 Å². The molecule has 0 aliphatic rings. The van der Waals surface area contributed by atoms with Crippen molar-refractivity contribution in [1.82, 2.24) is 5.32 Å². The molecule has 0 aliphatic carbocycles. The third-order valence-corrected chi connectivity index (χ3v) is 3.35. The van der Waals surface area contributed by atoms with Crippen LogP contribution in [0.25, 0.3) is 0 Å².